The number of fused-ring (bicyclic) bond motifs is 1. The Labute approximate surface area is 111 Å². The van der Waals surface area contributed by atoms with E-state index in [2.05, 4.69) is 21.6 Å². The number of aryl methyl sites for hydroxylation is 2. The number of imidazole rings is 1. The summed E-state index contributed by atoms with van der Waals surface area (Å²) >= 11 is 2.04. The summed E-state index contributed by atoms with van der Waals surface area (Å²) in [6.07, 6.45) is 3.49. The highest BCUT2D eigenvalue weighted by molar-refractivity contribution is 8.00. The zero-order chi connectivity index (χ0) is 12.7. The van der Waals surface area contributed by atoms with Crippen LogP contribution in [-0.4, -0.2) is 30.3 Å². The standard InChI is InChI=1S/C12H19N5S/c1-3-9-10-11(16(2)15-9)17(12(13)14-10)7-8-5-4-6-18-8/h8H,3-7H2,1-2H3,(H2,13,14). The van der Waals surface area contributed by atoms with Crippen molar-refractivity contribution < 1.29 is 0 Å². The van der Waals surface area contributed by atoms with Crippen molar-refractivity contribution >= 4 is 28.9 Å². The molecule has 1 aliphatic heterocycles. The smallest absolute Gasteiger partial charge is 0.202 e. The monoisotopic (exact) mass is 265 g/mol. The zero-order valence-corrected chi connectivity index (χ0v) is 11.7. The van der Waals surface area contributed by atoms with E-state index < -0.39 is 0 Å². The Bertz CT molecular complexity index is 565. The molecule has 18 heavy (non-hydrogen) atoms. The Morgan fingerprint density at radius 2 is 2.33 bits per heavy atom. The first-order valence-corrected chi connectivity index (χ1v) is 7.54. The molecular weight excluding hydrogens is 246 g/mol. The summed E-state index contributed by atoms with van der Waals surface area (Å²) < 4.78 is 4.04. The highest BCUT2D eigenvalue weighted by Gasteiger charge is 2.22. The van der Waals surface area contributed by atoms with Gasteiger partial charge in [-0.15, -0.1) is 0 Å². The van der Waals surface area contributed by atoms with Gasteiger partial charge in [-0.3, -0.25) is 9.25 Å². The van der Waals surface area contributed by atoms with Crippen molar-refractivity contribution in [3.05, 3.63) is 5.69 Å². The number of anilines is 1. The Morgan fingerprint density at radius 3 is 3.00 bits per heavy atom. The van der Waals surface area contributed by atoms with Crippen LogP contribution in [0.15, 0.2) is 0 Å². The van der Waals surface area contributed by atoms with E-state index in [1.165, 1.54) is 18.6 Å². The van der Waals surface area contributed by atoms with E-state index in [9.17, 15) is 0 Å². The lowest BCUT2D eigenvalue weighted by Gasteiger charge is -2.11. The molecule has 3 heterocycles. The minimum Gasteiger partial charge on any atom is -0.369 e. The largest absolute Gasteiger partial charge is 0.369 e. The van der Waals surface area contributed by atoms with Crippen molar-refractivity contribution in [2.45, 2.75) is 38.0 Å². The van der Waals surface area contributed by atoms with E-state index in [1.807, 2.05) is 23.5 Å². The highest BCUT2D eigenvalue weighted by atomic mass is 32.2. The maximum atomic E-state index is 6.07. The molecule has 0 amide bonds. The van der Waals surface area contributed by atoms with Crippen LogP contribution in [0.25, 0.3) is 11.2 Å². The van der Waals surface area contributed by atoms with Gasteiger partial charge in [-0.2, -0.15) is 16.9 Å². The van der Waals surface area contributed by atoms with Crippen LogP contribution in [0.4, 0.5) is 5.95 Å². The van der Waals surface area contributed by atoms with Crippen molar-refractivity contribution in [1.29, 1.82) is 0 Å². The maximum absolute atomic E-state index is 6.07. The molecule has 1 aliphatic rings. The van der Waals surface area contributed by atoms with Gasteiger partial charge >= 0.3 is 0 Å². The second-order valence-electron chi connectivity index (χ2n) is 4.81. The van der Waals surface area contributed by atoms with Gasteiger partial charge in [0.25, 0.3) is 0 Å². The number of thioether (sulfide) groups is 1. The number of rotatable bonds is 3. The van der Waals surface area contributed by atoms with Gasteiger partial charge in [0.05, 0.1) is 5.69 Å². The van der Waals surface area contributed by atoms with Gasteiger partial charge in [0.2, 0.25) is 5.95 Å². The van der Waals surface area contributed by atoms with Crippen molar-refractivity contribution in [1.82, 2.24) is 19.3 Å². The molecule has 0 aliphatic carbocycles. The fraction of sp³-hybridized carbons (Fsp3) is 0.667. The first-order chi connectivity index (χ1) is 8.70. The molecule has 1 unspecified atom stereocenters. The van der Waals surface area contributed by atoms with Crippen LogP contribution >= 0.6 is 11.8 Å². The van der Waals surface area contributed by atoms with E-state index in [-0.39, 0.29) is 0 Å². The van der Waals surface area contributed by atoms with Gasteiger partial charge in [-0.1, -0.05) is 6.92 Å². The average Bonchev–Trinajstić information content (AvgIpc) is 3.01. The fourth-order valence-corrected chi connectivity index (χ4v) is 3.92. The van der Waals surface area contributed by atoms with E-state index in [1.54, 1.807) is 0 Å². The van der Waals surface area contributed by atoms with Gasteiger partial charge in [0.1, 0.15) is 5.52 Å². The predicted octanol–water partition coefficient (Wildman–Crippen LogP) is 1.81. The normalized spacial score (nSPS) is 20.0. The Hall–Kier alpha value is -1.17. The molecule has 5 nitrogen and oxygen atoms in total. The SMILES string of the molecule is CCc1nn(C)c2c1nc(N)n2CC1CCCS1. The molecule has 0 bridgehead atoms. The van der Waals surface area contributed by atoms with Gasteiger partial charge in [-0.05, 0) is 25.0 Å². The second-order valence-corrected chi connectivity index (χ2v) is 6.22. The van der Waals surface area contributed by atoms with E-state index in [0.29, 0.717) is 11.2 Å². The third-order valence-corrected chi connectivity index (χ3v) is 4.95. The van der Waals surface area contributed by atoms with Crippen LogP contribution < -0.4 is 5.73 Å². The minimum atomic E-state index is 0.625. The predicted molar refractivity (Wildman–Crippen MR) is 75.8 cm³/mol. The van der Waals surface area contributed by atoms with Gasteiger partial charge < -0.3 is 5.73 Å². The van der Waals surface area contributed by atoms with Crippen LogP contribution in [0.5, 0.6) is 0 Å². The molecule has 1 atom stereocenters. The van der Waals surface area contributed by atoms with Crippen LogP contribution in [-0.2, 0) is 20.0 Å². The summed E-state index contributed by atoms with van der Waals surface area (Å²) in [4.78, 5) is 4.49. The maximum Gasteiger partial charge on any atom is 0.202 e. The summed E-state index contributed by atoms with van der Waals surface area (Å²) in [6, 6.07) is 0. The summed E-state index contributed by atoms with van der Waals surface area (Å²) in [5.74, 6) is 1.90. The number of aromatic nitrogens is 4. The topological polar surface area (TPSA) is 61.7 Å². The first kappa shape index (κ1) is 11.9. The minimum absolute atomic E-state index is 0.625. The molecule has 98 valence electrons. The fourth-order valence-electron chi connectivity index (χ4n) is 2.67. The summed E-state index contributed by atoms with van der Waals surface area (Å²) in [6.45, 7) is 3.06. The summed E-state index contributed by atoms with van der Waals surface area (Å²) in [5, 5.41) is 5.19. The van der Waals surface area contributed by atoms with E-state index in [4.69, 9.17) is 5.73 Å². The number of nitrogens with zero attached hydrogens (tertiary/aromatic N) is 4. The molecular formula is C12H19N5S. The molecule has 0 spiro atoms. The lowest BCUT2D eigenvalue weighted by molar-refractivity contribution is 0.635. The van der Waals surface area contributed by atoms with Crippen molar-refractivity contribution in [3.8, 4) is 0 Å². The molecule has 2 aromatic rings. The van der Waals surface area contributed by atoms with E-state index in [0.717, 1.165) is 29.8 Å². The molecule has 2 aromatic heterocycles. The van der Waals surface area contributed by atoms with Gasteiger partial charge in [0.15, 0.2) is 5.65 Å². The third-order valence-electron chi connectivity index (χ3n) is 3.57. The number of hydrogen-bond acceptors (Lipinski definition) is 4. The average molecular weight is 265 g/mol. The van der Waals surface area contributed by atoms with Crippen molar-refractivity contribution in [3.63, 3.8) is 0 Å². The van der Waals surface area contributed by atoms with Crippen molar-refractivity contribution in [2.24, 2.45) is 7.05 Å². The highest BCUT2D eigenvalue weighted by Crippen LogP contribution is 2.30. The Morgan fingerprint density at radius 1 is 1.50 bits per heavy atom. The van der Waals surface area contributed by atoms with Crippen LogP contribution in [0.1, 0.15) is 25.5 Å². The van der Waals surface area contributed by atoms with Crippen molar-refractivity contribution in [2.75, 3.05) is 11.5 Å². The molecule has 3 rings (SSSR count). The molecule has 0 saturated carbocycles. The lowest BCUT2D eigenvalue weighted by atomic mass is 10.2. The quantitative estimate of drug-likeness (QED) is 0.919. The number of nitrogen functional groups attached to an aromatic ring is 1. The van der Waals surface area contributed by atoms with Gasteiger partial charge in [-0.25, -0.2) is 4.98 Å². The zero-order valence-electron chi connectivity index (χ0n) is 10.9. The molecule has 2 N–H and O–H groups in total. The summed E-state index contributed by atoms with van der Waals surface area (Å²) in [5.41, 5.74) is 9.15. The number of nitrogens with two attached hydrogens (primary N) is 1. The third kappa shape index (κ3) is 1.79. The van der Waals surface area contributed by atoms with Crippen LogP contribution in [0.3, 0.4) is 0 Å². The van der Waals surface area contributed by atoms with Gasteiger partial charge in [0, 0.05) is 18.8 Å². The molecule has 1 fully saturated rings. The summed E-state index contributed by atoms with van der Waals surface area (Å²) in [7, 11) is 1.97. The Balaban J connectivity index is 2.04. The van der Waals surface area contributed by atoms with Crippen LogP contribution in [0.2, 0.25) is 0 Å². The second kappa shape index (κ2) is 4.50. The number of hydrogen-bond donors (Lipinski definition) is 1. The molecule has 6 heteroatoms. The first-order valence-electron chi connectivity index (χ1n) is 6.50. The van der Waals surface area contributed by atoms with E-state index >= 15 is 0 Å². The lowest BCUT2D eigenvalue weighted by Crippen LogP contribution is -2.14. The molecule has 0 aromatic carbocycles. The molecule has 1 saturated heterocycles. The molecule has 0 radical (unpaired) electrons. The Kier molecular flexibility index (Phi) is 2.97. The van der Waals surface area contributed by atoms with Crippen LogP contribution in [0, 0.1) is 0 Å².